The van der Waals surface area contributed by atoms with Gasteiger partial charge in [0.1, 0.15) is 0 Å². The number of carbonyl (C=O) groups is 1. The largest absolute Gasteiger partial charge is 0.416 e. The van der Waals surface area contributed by atoms with Crippen molar-refractivity contribution >= 4 is 5.91 Å². The maximum atomic E-state index is 12.5. The summed E-state index contributed by atoms with van der Waals surface area (Å²) in [6.07, 6.45) is -0.171. The zero-order chi connectivity index (χ0) is 14.8. The Bertz CT molecular complexity index is 467. The Morgan fingerprint density at radius 2 is 1.85 bits per heavy atom. The average Bonchev–Trinajstić information content (AvgIpc) is 2.37. The fraction of sp³-hybridized carbons (Fsp3) is 0.533. The zero-order valence-electron chi connectivity index (χ0n) is 11.1. The zero-order valence-corrected chi connectivity index (χ0v) is 11.1. The second-order valence-electron chi connectivity index (χ2n) is 5.52. The quantitative estimate of drug-likeness (QED) is 0.900. The molecule has 1 aliphatic rings. The van der Waals surface area contributed by atoms with Gasteiger partial charge in [0.25, 0.3) is 0 Å². The number of amides is 1. The van der Waals surface area contributed by atoms with E-state index >= 15 is 0 Å². The molecule has 2 unspecified atom stereocenters. The number of primary amides is 1. The Hall–Kier alpha value is -1.52. The number of rotatable bonds is 3. The third kappa shape index (κ3) is 3.74. The van der Waals surface area contributed by atoms with Crippen molar-refractivity contribution < 1.29 is 18.0 Å². The summed E-state index contributed by atoms with van der Waals surface area (Å²) >= 11 is 0. The predicted molar refractivity (Wildman–Crippen MR) is 70.0 cm³/mol. The van der Waals surface area contributed by atoms with Gasteiger partial charge in [-0.1, -0.05) is 18.6 Å². The number of hydrogen-bond acceptors (Lipinski definition) is 1. The molecule has 1 aromatic rings. The Morgan fingerprint density at radius 3 is 2.40 bits per heavy atom. The lowest BCUT2D eigenvalue weighted by molar-refractivity contribution is -0.137. The summed E-state index contributed by atoms with van der Waals surface area (Å²) in [7, 11) is 0. The highest BCUT2D eigenvalue weighted by molar-refractivity contribution is 5.74. The molecule has 2 nitrogen and oxygen atoms in total. The number of halogens is 3. The first kappa shape index (κ1) is 14.9. The van der Waals surface area contributed by atoms with Crippen LogP contribution in [0.5, 0.6) is 0 Å². The minimum Gasteiger partial charge on any atom is -0.370 e. The molecule has 0 aromatic heterocycles. The molecule has 5 heteroatoms. The molecule has 1 saturated carbocycles. The summed E-state index contributed by atoms with van der Waals surface area (Å²) in [4.78, 5) is 11.0. The van der Waals surface area contributed by atoms with Crippen molar-refractivity contribution in [3.05, 3.63) is 35.4 Å². The van der Waals surface area contributed by atoms with Gasteiger partial charge in [-0.3, -0.25) is 4.79 Å². The molecule has 2 N–H and O–H groups in total. The number of benzene rings is 1. The smallest absolute Gasteiger partial charge is 0.370 e. The van der Waals surface area contributed by atoms with Crippen LogP contribution in [0.15, 0.2) is 24.3 Å². The van der Waals surface area contributed by atoms with E-state index in [0.717, 1.165) is 43.4 Å². The Kier molecular flexibility index (Phi) is 4.35. The van der Waals surface area contributed by atoms with Crippen molar-refractivity contribution in [3.63, 3.8) is 0 Å². The molecule has 2 rings (SSSR count). The minimum absolute atomic E-state index is 0.232. The molecule has 110 valence electrons. The lowest BCUT2D eigenvalue weighted by Crippen LogP contribution is -2.21. The highest BCUT2D eigenvalue weighted by atomic mass is 19.4. The van der Waals surface area contributed by atoms with Crippen molar-refractivity contribution in [2.75, 3.05) is 0 Å². The van der Waals surface area contributed by atoms with Crippen molar-refractivity contribution in [2.45, 2.75) is 44.2 Å². The second-order valence-corrected chi connectivity index (χ2v) is 5.52. The molecule has 20 heavy (non-hydrogen) atoms. The molecule has 1 fully saturated rings. The Morgan fingerprint density at radius 1 is 1.20 bits per heavy atom. The third-order valence-corrected chi connectivity index (χ3v) is 3.98. The molecule has 0 radical (unpaired) electrons. The first-order valence-corrected chi connectivity index (χ1v) is 6.81. The molecular formula is C15H18F3NO. The van der Waals surface area contributed by atoms with Crippen LogP contribution in [0.3, 0.4) is 0 Å². The summed E-state index contributed by atoms with van der Waals surface area (Å²) in [5, 5.41) is 0. The molecule has 0 bridgehead atoms. The van der Waals surface area contributed by atoms with Crippen LogP contribution in [-0.4, -0.2) is 5.91 Å². The highest BCUT2D eigenvalue weighted by Crippen LogP contribution is 2.38. The van der Waals surface area contributed by atoms with Crippen molar-refractivity contribution in [1.82, 2.24) is 0 Å². The van der Waals surface area contributed by atoms with E-state index in [1.807, 2.05) is 0 Å². The van der Waals surface area contributed by atoms with Gasteiger partial charge in [-0.15, -0.1) is 0 Å². The van der Waals surface area contributed by atoms with E-state index in [2.05, 4.69) is 0 Å². The lowest BCUT2D eigenvalue weighted by atomic mass is 9.76. The lowest BCUT2D eigenvalue weighted by Gasteiger charge is -2.29. The molecular weight excluding hydrogens is 267 g/mol. The van der Waals surface area contributed by atoms with Crippen molar-refractivity contribution in [1.29, 1.82) is 0 Å². The van der Waals surface area contributed by atoms with Gasteiger partial charge in [-0.25, -0.2) is 0 Å². The van der Waals surface area contributed by atoms with E-state index in [0.29, 0.717) is 6.42 Å². The molecule has 0 spiro atoms. The fourth-order valence-corrected chi connectivity index (χ4v) is 3.01. The molecule has 0 heterocycles. The maximum Gasteiger partial charge on any atom is 0.416 e. The van der Waals surface area contributed by atoms with Gasteiger partial charge in [0, 0.05) is 6.42 Å². The number of carbonyl (C=O) groups excluding carboxylic acids is 1. The van der Waals surface area contributed by atoms with Crippen LogP contribution < -0.4 is 5.73 Å². The molecule has 0 saturated heterocycles. The minimum atomic E-state index is -4.29. The maximum absolute atomic E-state index is 12.5. The highest BCUT2D eigenvalue weighted by Gasteiger charge is 2.31. The van der Waals surface area contributed by atoms with E-state index in [4.69, 9.17) is 5.73 Å². The van der Waals surface area contributed by atoms with Gasteiger partial charge < -0.3 is 5.73 Å². The van der Waals surface area contributed by atoms with E-state index in [1.165, 1.54) is 0 Å². The van der Waals surface area contributed by atoms with Gasteiger partial charge in [-0.05, 0) is 48.8 Å². The summed E-state index contributed by atoms with van der Waals surface area (Å²) in [5.41, 5.74) is 5.51. The molecule has 1 aromatic carbocycles. The van der Waals surface area contributed by atoms with Crippen LogP contribution in [0.4, 0.5) is 13.2 Å². The topological polar surface area (TPSA) is 43.1 Å². The molecule has 1 aliphatic carbocycles. The van der Waals surface area contributed by atoms with E-state index < -0.39 is 11.7 Å². The monoisotopic (exact) mass is 285 g/mol. The van der Waals surface area contributed by atoms with Crippen LogP contribution in [0.25, 0.3) is 0 Å². The van der Waals surface area contributed by atoms with Crippen LogP contribution >= 0.6 is 0 Å². The summed E-state index contributed by atoms with van der Waals surface area (Å²) in [6, 6.07) is 5.38. The van der Waals surface area contributed by atoms with Crippen LogP contribution in [0.1, 0.15) is 49.1 Å². The molecule has 0 aliphatic heterocycles. The number of nitrogens with two attached hydrogens (primary N) is 1. The summed E-state index contributed by atoms with van der Waals surface area (Å²) in [6.45, 7) is 0. The molecule has 1 amide bonds. The first-order chi connectivity index (χ1) is 9.36. The van der Waals surface area contributed by atoms with Crippen LogP contribution in [-0.2, 0) is 11.0 Å². The summed E-state index contributed by atoms with van der Waals surface area (Å²) < 4.78 is 37.5. The van der Waals surface area contributed by atoms with Crippen LogP contribution in [0, 0.1) is 5.92 Å². The summed E-state index contributed by atoms with van der Waals surface area (Å²) in [5.74, 6) is 0.187. The standard InChI is InChI=1S/C15H18F3NO/c16-15(17,18)13-6-4-11(5-7-13)12-3-1-2-10(8-12)9-14(19)20/h4-7,10,12H,1-3,8-9H2,(H2,19,20). The van der Waals surface area contributed by atoms with Gasteiger partial charge in [0.2, 0.25) is 5.91 Å². The Balaban J connectivity index is 2.05. The fourth-order valence-electron chi connectivity index (χ4n) is 3.01. The van der Waals surface area contributed by atoms with Crippen molar-refractivity contribution in [3.8, 4) is 0 Å². The first-order valence-electron chi connectivity index (χ1n) is 6.81. The third-order valence-electron chi connectivity index (χ3n) is 3.98. The van der Waals surface area contributed by atoms with Gasteiger partial charge in [-0.2, -0.15) is 13.2 Å². The van der Waals surface area contributed by atoms with Gasteiger partial charge in [0.05, 0.1) is 5.56 Å². The van der Waals surface area contributed by atoms with Crippen LogP contribution in [0.2, 0.25) is 0 Å². The van der Waals surface area contributed by atoms with Gasteiger partial charge >= 0.3 is 6.18 Å². The Labute approximate surface area is 116 Å². The second kappa shape index (κ2) is 5.85. The predicted octanol–water partition coefficient (Wildman–Crippen LogP) is 3.85. The average molecular weight is 285 g/mol. The van der Waals surface area contributed by atoms with Crippen molar-refractivity contribution in [2.24, 2.45) is 11.7 Å². The SMILES string of the molecule is NC(=O)CC1CCCC(c2ccc(C(F)(F)F)cc2)C1. The van der Waals surface area contributed by atoms with E-state index in [1.54, 1.807) is 12.1 Å². The van der Waals surface area contributed by atoms with E-state index in [-0.39, 0.29) is 17.7 Å². The number of alkyl halides is 3. The normalized spacial score (nSPS) is 23.6. The van der Waals surface area contributed by atoms with E-state index in [9.17, 15) is 18.0 Å². The number of hydrogen-bond donors (Lipinski definition) is 1. The van der Waals surface area contributed by atoms with Gasteiger partial charge in [0.15, 0.2) is 0 Å². The molecule has 2 atom stereocenters.